The fourth-order valence-electron chi connectivity index (χ4n) is 2.94. The van der Waals surface area contributed by atoms with Crippen LogP contribution >= 0.6 is 45.2 Å². The van der Waals surface area contributed by atoms with E-state index in [1.54, 1.807) is 0 Å². The Labute approximate surface area is 240 Å². The number of non-ortho nitro benzene ring substituents is 2. The maximum atomic E-state index is 14.5. The first-order valence-electron chi connectivity index (χ1n) is 9.58. The van der Waals surface area contributed by atoms with E-state index in [1.807, 2.05) is 9.44 Å². The lowest BCUT2D eigenvalue weighted by Crippen LogP contribution is -2.19. The van der Waals surface area contributed by atoms with Crippen LogP contribution < -0.4 is 14.2 Å². The molecule has 202 valence electrons. The molecule has 2 N–H and O–H groups in total. The Kier molecular flexibility index (Phi) is 8.62. The Morgan fingerprint density at radius 1 is 0.789 bits per heavy atom. The predicted octanol–water partition coefficient (Wildman–Crippen LogP) is 4.60. The monoisotopic (exact) mass is 796 g/mol. The molecular weight excluding hydrogens is 784 g/mol. The highest BCUT2D eigenvalue weighted by molar-refractivity contribution is 14.1. The first-order chi connectivity index (χ1) is 17.6. The van der Waals surface area contributed by atoms with E-state index < -0.39 is 74.1 Å². The zero-order valence-electron chi connectivity index (χ0n) is 18.4. The van der Waals surface area contributed by atoms with E-state index in [-0.39, 0.29) is 12.9 Å². The third kappa shape index (κ3) is 6.20. The minimum absolute atomic E-state index is 0.149. The van der Waals surface area contributed by atoms with Crippen molar-refractivity contribution in [1.82, 2.24) is 0 Å². The van der Waals surface area contributed by atoms with Gasteiger partial charge in [0.1, 0.15) is 10.6 Å². The zero-order valence-corrected chi connectivity index (χ0v) is 24.4. The van der Waals surface area contributed by atoms with Gasteiger partial charge in [0.15, 0.2) is 11.6 Å². The molecule has 19 heteroatoms. The average Bonchev–Trinajstić information content (AvgIpc) is 2.82. The van der Waals surface area contributed by atoms with Gasteiger partial charge in [-0.25, -0.2) is 25.6 Å². The Morgan fingerprint density at radius 2 is 1.24 bits per heavy atom. The molecule has 0 heterocycles. The number of halogens is 4. The van der Waals surface area contributed by atoms with Gasteiger partial charge in [0, 0.05) is 19.3 Å². The second-order valence-corrected chi connectivity index (χ2v) is 12.8. The van der Waals surface area contributed by atoms with Gasteiger partial charge in [-0.15, -0.1) is 0 Å². The van der Waals surface area contributed by atoms with Crippen LogP contribution in [0.15, 0.2) is 52.3 Å². The lowest BCUT2D eigenvalue weighted by atomic mass is 10.3. The van der Waals surface area contributed by atoms with E-state index in [0.717, 1.165) is 31.4 Å². The Morgan fingerprint density at radius 3 is 1.63 bits per heavy atom. The van der Waals surface area contributed by atoms with Crippen LogP contribution in [0.2, 0.25) is 0 Å². The molecule has 0 fully saturated rings. The molecule has 0 radical (unpaired) electrons. The van der Waals surface area contributed by atoms with Crippen LogP contribution in [-0.2, 0) is 20.0 Å². The van der Waals surface area contributed by atoms with Crippen LogP contribution in [-0.4, -0.2) is 33.8 Å². The maximum Gasteiger partial charge on any atom is 0.273 e. The highest BCUT2D eigenvalue weighted by Crippen LogP contribution is 2.34. The first-order valence-corrected chi connectivity index (χ1v) is 14.7. The molecule has 0 aliphatic carbocycles. The van der Waals surface area contributed by atoms with Gasteiger partial charge in [-0.05, 0) is 63.4 Å². The summed E-state index contributed by atoms with van der Waals surface area (Å²) in [5.41, 5.74) is -2.49. The first kappa shape index (κ1) is 29.6. The molecule has 0 saturated carbocycles. The fourth-order valence-corrected chi connectivity index (χ4v) is 7.20. The summed E-state index contributed by atoms with van der Waals surface area (Å²) in [7, 11) is -8.33. The molecule has 38 heavy (non-hydrogen) atoms. The molecule has 0 unspecified atom stereocenters. The number of anilines is 2. The highest BCUT2D eigenvalue weighted by atomic mass is 127. The number of hydrogen-bond acceptors (Lipinski definition) is 9. The summed E-state index contributed by atoms with van der Waals surface area (Å²) < 4.78 is 89.7. The molecule has 3 rings (SSSR count). The third-order valence-corrected chi connectivity index (χ3v) is 9.10. The topological polar surface area (TPSA) is 188 Å². The summed E-state index contributed by atoms with van der Waals surface area (Å²) in [6.45, 7) is 0. The highest BCUT2D eigenvalue weighted by Gasteiger charge is 2.28. The number of ether oxygens (including phenoxy) is 1. The largest absolute Gasteiger partial charge is 0.495 e. The molecule has 0 amide bonds. The average molecular weight is 796 g/mol. The van der Waals surface area contributed by atoms with Crippen molar-refractivity contribution in [2.24, 2.45) is 0 Å². The number of nitro groups is 2. The number of benzene rings is 3. The van der Waals surface area contributed by atoms with Crippen molar-refractivity contribution >= 4 is 88.0 Å². The smallest absolute Gasteiger partial charge is 0.273 e. The van der Waals surface area contributed by atoms with Gasteiger partial charge in [-0.3, -0.25) is 29.7 Å². The number of hydrogen-bond donors (Lipinski definition) is 2. The van der Waals surface area contributed by atoms with Gasteiger partial charge < -0.3 is 4.74 Å². The van der Waals surface area contributed by atoms with Gasteiger partial charge in [-0.2, -0.15) is 0 Å². The molecule has 0 aliphatic rings. The van der Waals surface area contributed by atoms with Gasteiger partial charge in [0.05, 0.1) is 45.4 Å². The molecule has 0 aliphatic heterocycles. The second-order valence-electron chi connectivity index (χ2n) is 7.11. The molecule has 0 saturated heterocycles. The van der Waals surface area contributed by atoms with Gasteiger partial charge in [0.2, 0.25) is 0 Å². The number of nitrogens with zero attached hydrogens (tertiary/aromatic N) is 2. The van der Waals surface area contributed by atoms with Crippen molar-refractivity contribution < 1.29 is 40.2 Å². The van der Waals surface area contributed by atoms with Crippen LogP contribution in [0.3, 0.4) is 0 Å². The Balaban J connectivity index is 2.06. The summed E-state index contributed by atoms with van der Waals surface area (Å²) in [6.07, 6.45) is 0. The van der Waals surface area contributed by atoms with Crippen molar-refractivity contribution in [2.45, 2.75) is 9.79 Å². The lowest BCUT2D eigenvalue weighted by Gasteiger charge is -2.15. The van der Waals surface area contributed by atoms with Crippen LogP contribution in [0.4, 0.5) is 31.5 Å². The van der Waals surface area contributed by atoms with Crippen molar-refractivity contribution in [3.8, 4) is 5.75 Å². The van der Waals surface area contributed by atoms with Gasteiger partial charge in [-0.1, -0.05) is 0 Å². The second kappa shape index (κ2) is 11.1. The summed E-state index contributed by atoms with van der Waals surface area (Å²) in [6, 6.07) is 5.45. The predicted molar refractivity (Wildman–Crippen MR) is 146 cm³/mol. The molecule has 0 bridgehead atoms. The zero-order chi connectivity index (χ0) is 28.6. The quantitative estimate of drug-likeness (QED) is 0.177. The molecule has 0 atom stereocenters. The molecule has 13 nitrogen and oxygen atoms in total. The fraction of sp³-hybridized carbons (Fsp3) is 0.0526. The van der Waals surface area contributed by atoms with Crippen LogP contribution in [0.5, 0.6) is 5.75 Å². The van der Waals surface area contributed by atoms with Crippen LogP contribution in [0, 0.1) is 39.0 Å². The number of methoxy groups -OCH3 is 1. The minimum Gasteiger partial charge on any atom is -0.495 e. The van der Waals surface area contributed by atoms with Crippen molar-refractivity contribution in [3.05, 3.63) is 81.5 Å². The standard InChI is InChI=1S/C19H12F2I2N4O9S2/c1-36-16-3-2-11(37(32,33)24-18-12(20)4-9(26(28)29)6-14(18)22)8-17(16)38(34,35)25-19-13(21)5-10(27(30)31)7-15(19)23/h2-8,24-25H,1H3. The van der Waals surface area contributed by atoms with E-state index in [4.69, 9.17) is 4.74 Å². The molecule has 0 spiro atoms. The summed E-state index contributed by atoms with van der Waals surface area (Å²) in [5, 5.41) is 21.8. The number of sulfonamides is 2. The third-order valence-electron chi connectivity index (χ3n) is 4.68. The van der Waals surface area contributed by atoms with Crippen molar-refractivity contribution in [1.29, 1.82) is 0 Å². The van der Waals surface area contributed by atoms with Crippen molar-refractivity contribution in [2.75, 3.05) is 16.6 Å². The van der Waals surface area contributed by atoms with Crippen molar-refractivity contribution in [3.63, 3.8) is 0 Å². The summed E-state index contributed by atoms with van der Waals surface area (Å²) >= 11 is 2.96. The molecule has 3 aromatic rings. The van der Waals surface area contributed by atoms with Crippen LogP contribution in [0.1, 0.15) is 0 Å². The van der Waals surface area contributed by atoms with E-state index in [1.165, 1.54) is 45.2 Å². The van der Waals surface area contributed by atoms with Crippen LogP contribution in [0.25, 0.3) is 0 Å². The Hall–Kier alpha value is -2.92. The minimum atomic E-state index is -4.75. The van der Waals surface area contributed by atoms with Gasteiger partial charge in [0.25, 0.3) is 31.4 Å². The maximum absolute atomic E-state index is 14.5. The van der Waals surface area contributed by atoms with E-state index in [0.29, 0.717) is 18.2 Å². The van der Waals surface area contributed by atoms with E-state index >= 15 is 0 Å². The number of nitrogens with one attached hydrogen (secondary N) is 2. The Bertz CT molecular complexity index is 1660. The van der Waals surface area contributed by atoms with E-state index in [2.05, 4.69) is 0 Å². The molecule has 3 aromatic carbocycles. The van der Waals surface area contributed by atoms with Gasteiger partial charge >= 0.3 is 0 Å². The summed E-state index contributed by atoms with van der Waals surface area (Å²) in [5.74, 6) is -2.86. The molecular formula is C19H12F2I2N4O9S2. The SMILES string of the molecule is COc1ccc(S(=O)(=O)Nc2c(F)cc([N+](=O)[O-])cc2I)cc1S(=O)(=O)Nc1c(F)cc([N+](=O)[O-])cc1I. The normalized spacial score (nSPS) is 11.6. The summed E-state index contributed by atoms with van der Waals surface area (Å²) in [4.78, 5) is 18.7. The lowest BCUT2D eigenvalue weighted by molar-refractivity contribution is -0.385. The van der Waals surface area contributed by atoms with E-state index in [9.17, 15) is 45.8 Å². The number of rotatable bonds is 9. The number of nitro benzene ring substituents is 2. The molecule has 0 aromatic heterocycles.